The zero-order valence-electron chi connectivity index (χ0n) is 56.7. The van der Waals surface area contributed by atoms with Gasteiger partial charge in [-0.1, -0.05) is 372 Å². The Kier molecular flexibility index (Phi) is 63.1. The monoisotopic (exact) mass is 1200 g/mol. The average molecular weight is 1200 g/mol. The van der Waals surface area contributed by atoms with Crippen molar-refractivity contribution in [1.29, 1.82) is 0 Å². The predicted octanol–water partition coefficient (Wildman–Crippen LogP) is 21.2. The second-order valence-electron chi connectivity index (χ2n) is 26.8. The average Bonchev–Trinajstić information content (AvgIpc) is 3.57. The summed E-state index contributed by atoms with van der Waals surface area (Å²) in [6.07, 6.45) is 80.3. The minimum Gasteiger partial charge on any atom is -0.394 e. The number of nitrogens with one attached hydrogen (secondary N) is 1. The van der Waals surface area contributed by atoms with Gasteiger partial charge in [0.2, 0.25) is 5.91 Å². The highest BCUT2D eigenvalue weighted by Crippen LogP contribution is 2.24. The molecule has 1 aliphatic heterocycles. The second kappa shape index (κ2) is 65.6. The molecule has 0 bridgehead atoms. The molecule has 7 unspecified atom stereocenters. The first-order valence-electron chi connectivity index (χ1n) is 38.1. The summed E-state index contributed by atoms with van der Waals surface area (Å²) in [6, 6.07) is -0.803. The quantitative estimate of drug-likeness (QED) is 0.0261. The number of hydrogen-bond acceptors (Lipinski definition) is 8. The first-order chi connectivity index (χ1) is 41.8. The summed E-state index contributed by atoms with van der Waals surface area (Å²) >= 11 is 0. The second-order valence-corrected chi connectivity index (χ2v) is 26.8. The molecule has 0 spiro atoms. The van der Waals surface area contributed by atoms with Gasteiger partial charge in [-0.25, -0.2) is 0 Å². The van der Waals surface area contributed by atoms with Crippen molar-refractivity contribution in [3.8, 4) is 0 Å². The van der Waals surface area contributed by atoms with E-state index in [2.05, 4.69) is 31.3 Å². The number of unbranched alkanes of at least 4 members (excludes halogenated alkanes) is 56. The van der Waals surface area contributed by atoms with Crippen LogP contribution < -0.4 is 5.32 Å². The topological polar surface area (TPSA) is 149 Å². The number of hydrogen-bond donors (Lipinski definition) is 6. The number of aliphatic hydroxyl groups is 5. The Labute approximate surface area is 528 Å². The van der Waals surface area contributed by atoms with Crippen molar-refractivity contribution in [1.82, 2.24) is 5.32 Å². The van der Waals surface area contributed by atoms with Gasteiger partial charge in [0.05, 0.1) is 25.4 Å². The molecule has 504 valence electrons. The van der Waals surface area contributed by atoms with E-state index in [1.165, 1.54) is 340 Å². The van der Waals surface area contributed by atoms with E-state index < -0.39 is 49.5 Å². The Hall–Kier alpha value is -1.33. The summed E-state index contributed by atoms with van der Waals surface area (Å²) < 4.78 is 11.3. The molecule has 0 aromatic heterocycles. The first-order valence-corrected chi connectivity index (χ1v) is 38.1. The van der Waals surface area contributed by atoms with Crippen LogP contribution in [0.5, 0.6) is 0 Å². The third-order valence-corrected chi connectivity index (χ3v) is 18.5. The van der Waals surface area contributed by atoms with E-state index in [-0.39, 0.29) is 12.5 Å². The summed E-state index contributed by atoms with van der Waals surface area (Å²) in [6.45, 7) is 3.84. The van der Waals surface area contributed by atoms with Crippen molar-refractivity contribution >= 4 is 5.91 Å². The van der Waals surface area contributed by atoms with Gasteiger partial charge < -0.3 is 40.3 Å². The number of carbonyl (C=O) groups is 1. The van der Waals surface area contributed by atoms with Gasteiger partial charge in [0.25, 0.3) is 0 Å². The molecule has 0 aromatic carbocycles. The molecule has 1 amide bonds. The van der Waals surface area contributed by atoms with Crippen LogP contribution in [0.1, 0.15) is 399 Å². The summed E-state index contributed by atoms with van der Waals surface area (Å²) in [7, 11) is 0. The Morgan fingerprint density at radius 2 is 0.659 bits per heavy atom. The molecule has 85 heavy (non-hydrogen) atoms. The van der Waals surface area contributed by atoms with Gasteiger partial charge in [-0.15, -0.1) is 0 Å². The van der Waals surface area contributed by atoms with Crippen LogP contribution in [-0.2, 0) is 14.3 Å². The van der Waals surface area contributed by atoms with Crippen LogP contribution in [0.15, 0.2) is 24.3 Å². The van der Waals surface area contributed by atoms with Crippen LogP contribution in [-0.4, -0.2) is 87.5 Å². The summed E-state index contributed by atoms with van der Waals surface area (Å²) in [5, 5.41) is 54.8. The fourth-order valence-electron chi connectivity index (χ4n) is 12.6. The van der Waals surface area contributed by atoms with Gasteiger partial charge in [0.1, 0.15) is 24.4 Å². The molecule has 1 fully saturated rings. The zero-order valence-corrected chi connectivity index (χ0v) is 56.7. The van der Waals surface area contributed by atoms with Crippen LogP contribution in [0, 0.1) is 0 Å². The highest BCUT2D eigenvalue weighted by molar-refractivity contribution is 5.76. The first kappa shape index (κ1) is 81.7. The van der Waals surface area contributed by atoms with Gasteiger partial charge in [-0.05, 0) is 44.9 Å². The predicted molar refractivity (Wildman–Crippen MR) is 364 cm³/mol. The van der Waals surface area contributed by atoms with Crippen molar-refractivity contribution in [2.24, 2.45) is 0 Å². The molecule has 1 heterocycles. The fraction of sp³-hybridized carbons (Fsp3) is 0.934. The van der Waals surface area contributed by atoms with E-state index >= 15 is 0 Å². The third-order valence-electron chi connectivity index (χ3n) is 18.5. The minimum absolute atomic E-state index is 0.167. The van der Waals surface area contributed by atoms with Crippen LogP contribution in [0.2, 0.25) is 0 Å². The van der Waals surface area contributed by atoms with Gasteiger partial charge in [-0.2, -0.15) is 0 Å². The molecule has 9 nitrogen and oxygen atoms in total. The number of ether oxygens (including phenoxy) is 2. The lowest BCUT2D eigenvalue weighted by molar-refractivity contribution is -0.302. The van der Waals surface area contributed by atoms with Gasteiger partial charge in [0.15, 0.2) is 6.29 Å². The highest BCUT2D eigenvalue weighted by Gasteiger charge is 2.44. The summed E-state index contributed by atoms with van der Waals surface area (Å²) in [4.78, 5) is 13.2. The van der Waals surface area contributed by atoms with E-state index in [9.17, 15) is 30.3 Å². The zero-order chi connectivity index (χ0) is 61.4. The van der Waals surface area contributed by atoms with E-state index in [0.717, 1.165) is 38.5 Å². The van der Waals surface area contributed by atoms with Crippen molar-refractivity contribution in [2.45, 2.75) is 442 Å². The maximum absolute atomic E-state index is 13.2. The minimum atomic E-state index is -1.57. The molecule has 0 saturated carbocycles. The standard InChI is InChI=1S/C76H147NO8/c1-3-5-7-9-11-13-15-17-19-21-23-25-27-29-30-31-32-33-34-35-36-37-38-39-40-42-44-46-48-50-52-54-56-58-60-62-64-66-72(80)77-69(68-84-76-75(83)74(82)73(81)71(67-78)85-76)70(79)65-63-61-59-57-55-53-51-49-47-45-43-41-28-26-24-22-20-18-16-14-12-10-8-6-4-2/h21,23,63,65,69-71,73-76,78-79,81-83H,3-20,22,24-62,64,66-68H2,1-2H3,(H,77,80)/b23-21-,65-63+. The molecule has 1 aliphatic rings. The van der Waals surface area contributed by atoms with Gasteiger partial charge >= 0.3 is 0 Å². The molecular formula is C76H147NO8. The SMILES string of the molecule is CCCCCCCCCC/C=C\CCCCCCCCCCCCCCCCCCCCCCCCCCCC(=O)NC(COC1OC(CO)C(O)C(O)C1O)C(O)/C=C/CCCCCCCCCCCCCCCCCCCCCCCCC. The van der Waals surface area contributed by atoms with E-state index in [4.69, 9.17) is 9.47 Å². The smallest absolute Gasteiger partial charge is 0.220 e. The van der Waals surface area contributed by atoms with Crippen molar-refractivity contribution in [3.63, 3.8) is 0 Å². The number of allylic oxidation sites excluding steroid dienone is 3. The summed E-state index contributed by atoms with van der Waals surface area (Å²) in [5.41, 5.74) is 0. The van der Waals surface area contributed by atoms with Crippen molar-refractivity contribution < 1.29 is 39.8 Å². The van der Waals surface area contributed by atoms with Crippen LogP contribution in [0.25, 0.3) is 0 Å². The third kappa shape index (κ3) is 54.2. The maximum atomic E-state index is 13.2. The maximum Gasteiger partial charge on any atom is 0.220 e. The lowest BCUT2D eigenvalue weighted by atomic mass is 9.99. The Balaban J connectivity index is 2.06. The van der Waals surface area contributed by atoms with Crippen molar-refractivity contribution in [2.75, 3.05) is 13.2 Å². The lowest BCUT2D eigenvalue weighted by Gasteiger charge is -2.40. The molecule has 9 heteroatoms. The van der Waals surface area contributed by atoms with Gasteiger partial charge in [0, 0.05) is 6.42 Å². The molecule has 1 rings (SSSR count). The van der Waals surface area contributed by atoms with Crippen LogP contribution in [0.4, 0.5) is 0 Å². The van der Waals surface area contributed by atoms with E-state index in [0.29, 0.717) is 6.42 Å². The van der Waals surface area contributed by atoms with E-state index in [1.807, 2.05) is 6.08 Å². The normalized spacial score (nSPS) is 18.1. The molecule has 6 N–H and O–H groups in total. The Morgan fingerprint density at radius 1 is 0.388 bits per heavy atom. The highest BCUT2D eigenvalue weighted by atomic mass is 16.7. The number of aliphatic hydroxyl groups excluding tert-OH is 5. The van der Waals surface area contributed by atoms with Crippen LogP contribution in [0.3, 0.4) is 0 Å². The van der Waals surface area contributed by atoms with E-state index in [1.54, 1.807) is 6.08 Å². The number of rotatable bonds is 68. The molecule has 0 aromatic rings. The lowest BCUT2D eigenvalue weighted by Crippen LogP contribution is -2.60. The molecule has 0 aliphatic carbocycles. The molecule has 0 radical (unpaired) electrons. The Morgan fingerprint density at radius 3 is 0.953 bits per heavy atom. The molecule has 1 saturated heterocycles. The summed E-state index contributed by atoms with van der Waals surface area (Å²) in [5.74, 6) is -0.167. The molecule has 7 atom stereocenters. The Bertz CT molecular complexity index is 1390. The molecular weight excluding hydrogens is 1050 g/mol. The van der Waals surface area contributed by atoms with Crippen molar-refractivity contribution in [3.05, 3.63) is 24.3 Å². The van der Waals surface area contributed by atoms with Gasteiger partial charge in [-0.3, -0.25) is 4.79 Å². The fourth-order valence-corrected chi connectivity index (χ4v) is 12.6. The number of amides is 1. The largest absolute Gasteiger partial charge is 0.394 e. The number of carbonyl (C=O) groups excluding carboxylic acids is 1. The van der Waals surface area contributed by atoms with Crippen LogP contribution >= 0.6 is 0 Å².